The van der Waals surface area contributed by atoms with Gasteiger partial charge in [-0.3, -0.25) is 24.1 Å². The average Bonchev–Trinajstić information content (AvgIpc) is 3.30. The highest BCUT2D eigenvalue weighted by molar-refractivity contribution is 6.12. The monoisotopic (exact) mass is 517 g/mol. The van der Waals surface area contributed by atoms with Crippen molar-refractivity contribution in [2.45, 2.75) is 52.6 Å². The number of benzene rings is 1. The Morgan fingerprint density at radius 1 is 1.13 bits per heavy atom. The molecule has 1 aliphatic heterocycles. The van der Waals surface area contributed by atoms with Gasteiger partial charge < -0.3 is 11.1 Å². The summed E-state index contributed by atoms with van der Waals surface area (Å²) >= 11 is 0. The first-order chi connectivity index (χ1) is 18.0. The molecule has 10 nitrogen and oxygen atoms in total. The Labute approximate surface area is 222 Å². The Morgan fingerprint density at radius 2 is 1.87 bits per heavy atom. The number of carbonyl (C=O) groups excluding carboxylic acids is 3. The number of aryl methyl sites for hydroxylation is 4. The van der Waals surface area contributed by atoms with Crippen molar-refractivity contribution >= 4 is 29.5 Å². The number of pyridine rings is 1. The predicted molar refractivity (Wildman–Crippen MR) is 145 cm³/mol. The van der Waals surface area contributed by atoms with Gasteiger partial charge in [0.2, 0.25) is 5.91 Å². The van der Waals surface area contributed by atoms with E-state index in [4.69, 9.17) is 5.73 Å². The molecule has 10 heteroatoms. The third-order valence-corrected chi connectivity index (χ3v) is 7.19. The molecule has 4 amide bonds. The molecular weight excluding hydrogens is 482 g/mol. The third kappa shape index (κ3) is 5.25. The number of nitrogen functional groups attached to an aromatic ring is 1. The summed E-state index contributed by atoms with van der Waals surface area (Å²) in [4.78, 5) is 47.2. The Hall–Kier alpha value is -4.21. The molecule has 3 heterocycles. The Bertz CT molecular complexity index is 1360. The summed E-state index contributed by atoms with van der Waals surface area (Å²) in [6.07, 6.45) is 2.61. The highest BCUT2D eigenvalue weighted by atomic mass is 16.2. The lowest BCUT2D eigenvalue weighted by Gasteiger charge is -2.45. The number of hydrogen-bond donors (Lipinski definition) is 2. The molecule has 0 spiro atoms. The van der Waals surface area contributed by atoms with Crippen molar-refractivity contribution in [3.63, 3.8) is 0 Å². The maximum absolute atomic E-state index is 13.7. The number of likely N-dealkylation sites (tertiary alicyclic amines) is 1. The first-order valence-electron chi connectivity index (χ1n) is 12.7. The molecule has 1 saturated heterocycles. The summed E-state index contributed by atoms with van der Waals surface area (Å²) in [5.74, 6) is -0.738. The topological polar surface area (TPSA) is 126 Å². The van der Waals surface area contributed by atoms with E-state index in [1.54, 1.807) is 37.1 Å². The summed E-state index contributed by atoms with van der Waals surface area (Å²) in [7, 11) is 3.35. The number of rotatable bonds is 7. The summed E-state index contributed by atoms with van der Waals surface area (Å²) in [6, 6.07) is 9.39. The largest absolute Gasteiger partial charge is 0.384 e. The Balaban J connectivity index is 1.61. The number of β-lactam (4-membered cyclic amide) rings is 1. The van der Waals surface area contributed by atoms with E-state index < -0.39 is 23.9 Å². The normalized spacial score (nSPS) is 17.6. The second kappa shape index (κ2) is 10.6. The lowest BCUT2D eigenvalue weighted by atomic mass is 9.81. The van der Waals surface area contributed by atoms with Crippen LogP contribution in [0.5, 0.6) is 0 Å². The molecule has 0 unspecified atom stereocenters. The number of nitrogens with two attached hydrogens (primary N) is 1. The van der Waals surface area contributed by atoms with E-state index in [1.807, 2.05) is 52.0 Å². The van der Waals surface area contributed by atoms with E-state index in [1.165, 1.54) is 4.90 Å². The second-order valence-electron chi connectivity index (χ2n) is 10.0. The van der Waals surface area contributed by atoms with E-state index in [0.29, 0.717) is 23.8 Å². The van der Waals surface area contributed by atoms with Crippen LogP contribution < -0.4 is 16.0 Å². The maximum atomic E-state index is 13.7. The van der Waals surface area contributed by atoms with Crippen LogP contribution in [0.25, 0.3) is 0 Å². The molecule has 4 rings (SSSR count). The minimum atomic E-state index is -0.985. The van der Waals surface area contributed by atoms with Crippen molar-refractivity contribution in [1.82, 2.24) is 25.0 Å². The van der Waals surface area contributed by atoms with E-state index >= 15 is 0 Å². The first kappa shape index (κ1) is 26.8. The fraction of sp³-hybridized carbons (Fsp3) is 0.393. The highest BCUT2D eigenvalue weighted by Gasteiger charge is 2.55. The summed E-state index contributed by atoms with van der Waals surface area (Å²) in [6.45, 7) is 7.84. The van der Waals surface area contributed by atoms with Crippen molar-refractivity contribution in [3.8, 4) is 0 Å². The standard InChI is InChI=1S/C28H35N7O3/c1-7-22(20-9-8-16(2)17(3)12-20)31-28(38)35-25(27(37)34(6)24-10-11-33(5)32-24)21(26(35)36)14-19-13-18(4)30-23(29)15-19/h8-13,15,21-22,25H,7,14H2,1-6H3,(H2,29,30)(H,31,38)/t21-,22-,25+/m1/s1. The van der Waals surface area contributed by atoms with Gasteiger partial charge in [0, 0.05) is 32.1 Å². The maximum Gasteiger partial charge on any atom is 0.325 e. The molecule has 1 aromatic carbocycles. The minimum absolute atomic E-state index is 0.261. The van der Waals surface area contributed by atoms with E-state index in [0.717, 1.165) is 27.2 Å². The van der Waals surface area contributed by atoms with Gasteiger partial charge in [-0.1, -0.05) is 25.1 Å². The van der Waals surface area contributed by atoms with E-state index in [-0.39, 0.29) is 18.4 Å². The zero-order chi connectivity index (χ0) is 27.7. The van der Waals surface area contributed by atoms with Gasteiger partial charge in [0.05, 0.1) is 12.0 Å². The van der Waals surface area contributed by atoms with Gasteiger partial charge in [-0.15, -0.1) is 0 Å². The highest BCUT2D eigenvalue weighted by Crippen LogP contribution is 2.33. The number of urea groups is 1. The van der Waals surface area contributed by atoms with Gasteiger partial charge in [0.1, 0.15) is 11.9 Å². The molecule has 0 radical (unpaired) electrons. The fourth-order valence-electron chi connectivity index (χ4n) is 4.91. The predicted octanol–water partition coefficient (Wildman–Crippen LogP) is 3.22. The van der Waals surface area contributed by atoms with Crippen LogP contribution in [0.4, 0.5) is 16.4 Å². The van der Waals surface area contributed by atoms with Crippen LogP contribution in [0, 0.1) is 26.7 Å². The SMILES string of the molecule is CC[C@@H](NC(=O)N1C(=O)[C@H](Cc2cc(C)nc(N)c2)[C@H]1C(=O)N(C)c1ccn(C)n1)c1ccc(C)c(C)c1. The van der Waals surface area contributed by atoms with Crippen molar-refractivity contribution in [1.29, 1.82) is 0 Å². The lowest BCUT2D eigenvalue weighted by molar-refractivity contribution is -0.156. The van der Waals surface area contributed by atoms with Crippen molar-refractivity contribution in [2.75, 3.05) is 17.7 Å². The molecule has 1 fully saturated rings. The smallest absolute Gasteiger partial charge is 0.325 e. The number of nitrogens with one attached hydrogen (secondary N) is 1. The van der Waals surface area contributed by atoms with Crippen LogP contribution in [-0.2, 0) is 23.1 Å². The number of anilines is 2. The molecule has 3 N–H and O–H groups in total. The molecule has 1 aliphatic rings. The molecule has 38 heavy (non-hydrogen) atoms. The number of amides is 4. The molecule has 0 aliphatic carbocycles. The summed E-state index contributed by atoms with van der Waals surface area (Å²) < 4.78 is 1.59. The quantitative estimate of drug-likeness (QED) is 0.464. The van der Waals surface area contributed by atoms with Crippen LogP contribution in [0.2, 0.25) is 0 Å². The van der Waals surface area contributed by atoms with Crippen LogP contribution in [0.15, 0.2) is 42.6 Å². The molecule has 2 aromatic heterocycles. The van der Waals surface area contributed by atoms with Gasteiger partial charge in [-0.2, -0.15) is 5.10 Å². The van der Waals surface area contributed by atoms with Gasteiger partial charge in [-0.05, 0) is 68.0 Å². The van der Waals surface area contributed by atoms with Crippen molar-refractivity contribution in [3.05, 3.63) is 70.5 Å². The molecule has 3 atom stereocenters. The Kier molecular flexibility index (Phi) is 7.52. The van der Waals surface area contributed by atoms with E-state index in [9.17, 15) is 14.4 Å². The van der Waals surface area contributed by atoms with Gasteiger partial charge in [-0.25, -0.2) is 9.78 Å². The number of hydrogen-bond acceptors (Lipinski definition) is 6. The Morgan fingerprint density at radius 3 is 2.47 bits per heavy atom. The first-order valence-corrected chi connectivity index (χ1v) is 12.7. The van der Waals surface area contributed by atoms with Crippen molar-refractivity contribution in [2.24, 2.45) is 13.0 Å². The molecule has 200 valence electrons. The molecule has 0 bridgehead atoms. The number of likely N-dealkylation sites (N-methyl/N-ethyl adjacent to an activating group) is 1. The fourth-order valence-corrected chi connectivity index (χ4v) is 4.91. The van der Waals surface area contributed by atoms with Gasteiger partial charge >= 0.3 is 6.03 Å². The number of nitrogens with zero attached hydrogens (tertiary/aromatic N) is 5. The minimum Gasteiger partial charge on any atom is -0.384 e. The number of aromatic nitrogens is 3. The second-order valence-corrected chi connectivity index (χ2v) is 10.0. The molecular formula is C28H35N7O3. The van der Waals surface area contributed by atoms with E-state index in [2.05, 4.69) is 15.4 Å². The number of imide groups is 1. The third-order valence-electron chi connectivity index (χ3n) is 7.19. The number of carbonyl (C=O) groups is 3. The summed E-state index contributed by atoms with van der Waals surface area (Å²) in [5, 5.41) is 7.28. The lowest BCUT2D eigenvalue weighted by Crippen LogP contribution is -2.70. The van der Waals surface area contributed by atoms with Crippen LogP contribution in [0.3, 0.4) is 0 Å². The zero-order valence-electron chi connectivity index (χ0n) is 22.7. The molecule has 0 saturated carbocycles. The zero-order valence-corrected chi connectivity index (χ0v) is 22.7. The van der Waals surface area contributed by atoms with Gasteiger partial charge in [0.25, 0.3) is 5.91 Å². The van der Waals surface area contributed by atoms with Crippen LogP contribution in [-0.4, -0.2) is 50.6 Å². The summed E-state index contributed by atoms with van der Waals surface area (Å²) in [5.41, 5.74) is 10.6. The van der Waals surface area contributed by atoms with Crippen molar-refractivity contribution < 1.29 is 14.4 Å². The van der Waals surface area contributed by atoms with Crippen LogP contribution in [0.1, 0.15) is 47.3 Å². The molecule has 3 aromatic rings. The van der Waals surface area contributed by atoms with Gasteiger partial charge in [0.15, 0.2) is 5.82 Å². The van der Waals surface area contributed by atoms with Crippen LogP contribution >= 0.6 is 0 Å². The average molecular weight is 518 g/mol.